The summed E-state index contributed by atoms with van der Waals surface area (Å²) in [5, 5.41) is 6.48. The number of furan rings is 2. The fourth-order valence-electron chi connectivity index (χ4n) is 5.86. The third-order valence-electron chi connectivity index (χ3n) is 7.46. The third-order valence-corrected chi connectivity index (χ3v) is 7.46. The molecule has 6 heteroatoms. The number of rotatable bonds is 2. The maximum atomic E-state index is 6.37. The molecule has 9 rings (SSSR count). The SMILES string of the molecule is c1ccc2c(c1)oc1c2c2cccnc2n1-c1ccc(-n2c3ncccc3c3c4ccccc4oc32)cc1. The number of pyridine rings is 2. The van der Waals surface area contributed by atoms with Crippen LogP contribution < -0.4 is 0 Å². The van der Waals surface area contributed by atoms with Crippen LogP contribution in [0.2, 0.25) is 0 Å². The predicted octanol–water partition coefficient (Wildman–Crippen LogP) is 8.16. The molecule has 38 heavy (non-hydrogen) atoms. The van der Waals surface area contributed by atoms with Gasteiger partial charge in [-0.3, -0.25) is 9.13 Å². The standard InChI is InChI=1S/C32H18N4O2/c1-3-11-25-21(7-1)27-23-9-5-17-33-29(23)35(31(27)37-25)19-13-15-20(16-14-19)36-30-24(10-6-18-34-30)28-22-8-2-4-12-26(22)38-32(28)36/h1-18H. The summed E-state index contributed by atoms with van der Waals surface area (Å²) in [5.74, 6) is 0. The molecule has 0 aliphatic rings. The smallest absolute Gasteiger partial charge is 0.215 e. The second-order valence-electron chi connectivity index (χ2n) is 9.49. The first-order chi connectivity index (χ1) is 18.9. The summed E-state index contributed by atoms with van der Waals surface area (Å²) in [5.41, 5.74) is 6.99. The van der Waals surface area contributed by atoms with Gasteiger partial charge >= 0.3 is 0 Å². The number of benzene rings is 3. The van der Waals surface area contributed by atoms with Crippen LogP contribution in [0.5, 0.6) is 0 Å². The minimum absolute atomic E-state index is 0.792. The molecule has 9 aromatic rings. The Morgan fingerprint density at radius 1 is 0.447 bits per heavy atom. The Morgan fingerprint density at radius 3 is 1.34 bits per heavy atom. The third kappa shape index (κ3) is 2.46. The van der Waals surface area contributed by atoms with E-state index in [2.05, 4.69) is 57.7 Å². The summed E-state index contributed by atoms with van der Waals surface area (Å²) >= 11 is 0. The summed E-state index contributed by atoms with van der Waals surface area (Å²) in [7, 11) is 0. The highest BCUT2D eigenvalue weighted by Gasteiger charge is 2.22. The van der Waals surface area contributed by atoms with Gasteiger partial charge < -0.3 is 8.83 Å². The van der Waals surface area contributed by atoms with E-state index < -0.39 is 0 Å². The van der Waals surface area contributed by atoms with E-state index in [9.17, 15) is 0 Å². The molecule has 0 N–H and O–H groups in total. The normalized spacial score (nSPS) is 12.2. The predicted molar refractivity (Wildman–Crippen MR) is 150 cm³/mol. The van der Waals surface area contributed by atoms with Crippen LogP contribution in [0, 0.1) is 0 Å². The highest BCUT2D eigenvalue weighted by atomic mass is 16.3. The van der Waals surface area contributed by atoms with Crippen molar-refractivity contribution in [3.8, 4) is 11.4 Å². The lowest BCUT2D eigenvalue weighted by Gasteiger charge is -2.09. The van der Waals surface area contributed by atoms with Crippen molar-refractivity contribution in [1.29, 1.82) is 0 Å². The van der Waals surface area contributed by atoms with E-state index in [1.807, 2.05) is 60.9 Å². The molecule has 6 nitrogen and oxygen atoms in total. The molecule has 0 saturated heterocycles. The summed E-state index contributed by atoms with van der Waals surface area (Å²) in [6.07, 6.45) is 3.65. The zero-order chi connectivity index (χ0) is 24.8. The molecule has 0 unspecified atom stereocenters. The Labute approximate surface area is 215 Å². The molecule has 0 saturated carbocycles. The van der Waals surface area contributed by atoms with E-state index in [-0.39, 0.29) is 0 Å². The monoisotopic (exact) mass is 490 g/mol. The lowest BCUT2D eigenvalue weighted by molar-refractivity contribution is 0.643. The molecule has 0 aliphatic carbocycles. The first-order valence-corrected chi connectivity index (χ1v) is 12.5. The number of fused-ring (bicyclic) bond motifs is 10. The van der Waals surface area contributed by atoms with Crippen molar-refractivity contribution in [3.63, 3.8) is 0 Å². The van der Waals surface area contributed by atoms with Crippen LogP contribution in [0.25, 0.3) is 77.6 Å². The number of para-hydroxylation sites is 2. The van der Waals surface area contributed by atoms with Crippen molar-refractivity contribution in [2.45, 2.75) is 0 Å². The average Bonchev–Trinajstić information content (AvgIpc) is 3.69. The number of hydrogen-bond donors (Lipinski definition) is 0. The molecule has 0 bridgehead atoms. The Bertz CT molecular complexity index is 2180. The molecule has 178 valence electrons. The van der Waals surface area contributed by atoms with Gasteiger partial charge in [0.25, 0.3) is 0 Å². The van der Waals surface area contributed by atoms with E-state index in [4.69, 9.17) is 18.8 Å². The molecule has 6 aromatic heterocycles. The second kappa shape index (κ2) is 7.11. The maximum absolute atomic E-state index is 6.37. The van der Waals surface area contributed by atoms with Crippen LogP contribution >= 0.6 is 0 Å². The lowest BCUT2D eigenvalue weighted by atomic mass is 10.1. The van der Waals surface area contributed by atoms with Gasteiger partial charge in [-0.15, -0.1) is 0 Å². The molecule has 3 aromatic carbocycles. The number of nitrogens with zero attached hydrogens (tertiary/aromatic N) is 4. The van der Waals surface area contributed by atoms with E-state index in [1.165, 1.54) is 0 Å². The second-order valence-corrected chi connectivity index (χ2v) is 9.49. The van der Waals surface area contributed by atoms with E-state index >= 15 is 0 Å². The molecule has 0 atom stereocenters. The summed E-state index contributed by atoms with van der Waals surface area (Å²) in [6, 6.07) is 32.8. The van der Waals surface area contributed by atoms with Crippen molar-refractivity contribution >= 4 is 66.2 Å². The first kappa shape index (κ1) is 19.8. The Balaban J connectivity index is 1.30. The molecular weight excluding hydrogens is 472 g/mol. The molecule has 0 radical (unpaired) electrons. The van der Waals surface area contributed by atoms with Gasteiger partial charge in [0.05, 0.1) is 22.1 Å². The van der Waals surface area contributed by atoms with Gasteiger partial charge in [0.1, 0.15) is 22.5 Å². The summed E-state index contributed by atoms with van der Waals surface area (Å²) in [6.45, 7) is 0. The van der Waals surface area contributed by atoms with Gasteiger partial charge in [-0.25, -0.2) is 9.97 Å². The van der Waals surface area contributed by atoms with E-state index in [0.717, 1.165) is 77.6 Å². The van der Waals surface area contributed by atoms with Crippen LogP contribution in [0.15, 0.2) is 118 Å². The van der Waals surface area contributed by atoms with Crippen molar-refractivity contribution in [3.05, 3.63) is 109 Å². The molecule has 0 aliphatic heterocycles. The van der Waals surface area contributed by atoms with Crippen molar-refractivity contribution in [2.24, 2.45) is 0 Å². The lowest BCUT2D eigenvalue weighted by Crippen LogP contribution is -1.98. The number of aromatic nitrogens is 4. The Morgan fingerprint density at radius 2 is 0.868 bits per heavy atom. The molecule has 6 heterocycles. The zero-order valence-electron chi connectivity index (χ0n) is 20.0. The minimum Gasteiger partial charge on any atom is -0.439 e. The van der Waals surface area contributed by atoms with Gasteiger partial charge in [-0.05, 0) is 60.7 Å². The maximum Gasteiger partial charge on any atom is 0.215 e. The number of hydrogen-bond acceptors (Lipinski definition) is 4. The molecular formula is C32H18N4O2. The fourth-order valence-corrected chi connectivity index (χ4v) is 5.86. The van der Waals surface area contributed by atoms with Crippen LogP contribution in [0.1, 0.15) is 0 Å². The molecule has 0 fully saturated rings. The fraction of sp³-hybridized carbons (Fsp3) is 0. The average molecular weight is 491 g/mol. The van der Waals surface area contributed by atoms with Gasteiger partial charge in [0.15, 0.2) is 0 Å². The van der Waals surface area contributed by atoms with Crippen LogP contribution in [-0.4, -0.2) is 19.1 Å². The molecule has 0 spiro atoms. The largest absolute Gasteiger partial charge is 0.439 e. The van der Waals surface area contributed by atoms with E-state index in [1.54, 1.807) is 0 Å². The zero-order valence-corrected chi connectivity index (χ0v) is 20.0. The van der Waals surface area contributed by atoms with Gasteiger partial charge in [-0.2, -0.15) is 0 Å². The van der Waals surface area contributed by atoms with Crippen LogP contribution in [-0.2, 0) is 0 Å². The van der Waals surface area contributed by atoms with E-state index in [0.29, 0.717) is 0 Å². The minimum atomic E-state index is 0.792. The topological polar surface area (TPSA) is 61.9 Å². The van der Waals surface area contributed by atoms with Gasteiger partial charge in [0, 0.05) is 33.9 Å². The molecule has 0 amide bonds. The van der Waals surface area contributed by atoms with Crippen LogP contribution in [0.4, 0.5) is 0 Å². The summed E-state index contributed by atoms with van der Waals surface area (Å²) < 4.78 is 16.9. The van der Waals surface area contributed by atoms with Crippen molar-refractivity contribution in [1.82, 2.24) is 19.1 Å². The van der Waals surface area contributed by atoms with Crippen molar-refractivity contribution in [2.75, 3.05) is 0 Å². The first-order valence-electron chi connectivity index (χ1n) is 12.5. The Hall–Kier alpha value is -5.36. The summed E-state index contributed by atoms with van der Waals surface area (Å²) in [4.78, 5) is 9.45. The van der Waals surface area contributed by atoms with Crippen molar-refractivity contribution < 1.29 is 8.83 Å². The van der Waals surface area contributed by atoms with Gasteiger partial charge in [0.2, 0.25) is 11.4 Å². The van der Waals surface area contributed by atoms with Gasteiger partial charge in [-0.1, -0.05) is 36.4 Å². The highest BCUT2D eigenvalue weighted by molar-refractivity contribution is 6.20. The van der Waals surface area contributed by atoms with Crippen LogP contribution in [0.3, 0.4) is 0 Å². The quantitative estimate of drug-likeness (QED) is 0.245. The highest BCUT2D eigenvalue weighted by Crippen LogP contribution is 2.40. The Kier molecular flexibility index (Phi) is 3.70.